The quantitative estimate of drug-likeness (QED) is 0.721. The van der Waals surface area contributed by atoms with Gasteiger partial charge in [-0.05, 0) is 24.5 Å². The summed E-state index contributed by atoms with van der Waals surface area (Å²) in [6.45, 7) is -0.146. The summed E-state index contributed by atoms with van der Waals surface area (Å²) in [4.78, 5) is 35.7. The molecule has 22 heavy (non-hydrogen) atoms. The molecule has 2 unspecified atom stereocenters. The van der Waals surface area contributed by atoms with Crippen molar-refractivity contribution in [3.8, 4) is 0 Å². The number of nitrogens with two attached hydrogens (primary N) is 2. The summed E-state index contributed by atoms with van der Waals surface area (Å²) in [5.74, 6) is -1.42. The Hall–Kier alpha value is -2.09. The van der Waals surface area contributed by atoms with E-state index in [4.69, 9.17) is 11.5 Å². The van der Waals surface area contributed by atoms with Crippen LogP contribution in [0.15, 0.2) is 28.7 Å². The number of nitrogens with zero attached hydrogens (tertiary/aromatic N) is 1. The Morgan fingerprint density at radius 3 is 2.41 bits per heavy atom. The zero-order chi connectivity index (χ0) is 16.5. The van der Waals surface area contributed by atoms with E-state index in [0.717, 1.165) is 14.9 Å². The minimum absolute atomic E-state index is 0.00863. The molecule has 2 atom stereocenters. The Morgan fingerprint density at radius 2 is 1.95 bits per heavy atom. The predicted molar refractivity (Wildman–Crippen MR) is 81.8 cm³/mol. The van der Waals surface area contributed by atoms with Gasteiger partial charge >= 0.3 is 6.09 Å². The van der Waals surface area contributed by atoms with Crippen LogP contribution in [0.5, 0.6) is 0 Å². The first kappa shape index (κ1) is 16.3. The molecule has 0 bridgehead atoms. The fourth-order valence-electron chi connectivity index (χ4n) is 2.84. The number of halogens is 1. The molecule has 2 rings (SSSR count). The van der Waals surface area contributed by atoms with Gasteiger partial charge in [-0.3, -0.25) is 14.5 Å². The van der Waals surface area contributed by atoms with E-state index in [-0.39, 0.29) is 19.4 Å². The fraction of sp³-hybridized carbons (Fsp3) is 0.357. The van der Waals surface area contributed by atoms with Crippen molar-refractivity contribution in [2.75, 3.05) is 6.54 Å². The largest absolute Gasteiger partial charge is 0.465 e. The lowest BCUT2D eigenvalue weighted by Gasteiger charge is -2.25. The second-order valence-electron chi connectivity index (χ2n) is 5.45. The normalized spacial score (nSPS) is 24.2. The first-order valence-electron chi connectivity index (χ1n) is 6.59. The van der Waals surface area contributed by atoms with Crippen LogP contribution in [-0.2, 0) is 16.0 Å². The van der Waals surface area contributed by atoms with Crippen molar-refractivity contribution >= 4 is 33.8 Å². The van der Waals surface area contributed by atoms with E-state index in [1.807, 2.05) is 24.3 Å². The fourth-order valence-corrected chi connectivity index (χ4v) is 3.26. The van der Waals surface area contributed by atoms with Gasteiger partial charge in [0.25, 0.3) is 0 Å². The summed E-state index contributed by atoms with van der Waals surface area (Å²) in [5, 5.41) is 9.22. The second-order valence-corrected chi connectivity index (χ2v) is 6.30. The van der Waals surface area contributed by atoms with Gasteiger partial charge in [-0.2, -0.15) is 0 Å². The molecule has 8 heteroatoms. The number of carboxylic acid groups (broad SMARTS) is 1. The smallest absolute Gasteiger partial charge is 0.408 e. The summed E-state index contributed by atoms with van der Waals surface area (Å²) in [7, 11) is 0. The number of likely N-dealkylation sites (tertiary alicyclic amines) is 1. The van der Waals surface area contributed by atoms with Crippen LogP contribution in [0.1, 0.15) is 12.0 Å². The zero-order valence-corrected chi connectivity index (χ0v) is 13.2. The van der Waals surface area contributed by atoms with Gasteiger partial charge in [0.2, 0.25) is 11.8 Å². The number of carbonyl (C=O) groups is 3. The lowest BCUT2D eigenvalue weighted by atomic mass is 9.78. The average molecular weight is 370 g/mol. The molecular weight excluding hydrogens is 354 g/mol. The summed E-state index contributed by atoms with van der Waals surface area (Å²) in [6, 6.07) is 6.23. The average Bonchev–Trinajstić information content (AvgIpc) is 2.83. The zero-order valence-electron chi connectivity index (χ0n) is 11.7. The van der Waals surface area contributed by atoms with Gasteiger partial charge in [0, 0.05) is 11.0 Å². The Kier molecular flexibility index (Phi) is 4.41. The maximum absolute atomic E-state index is 12.0. The standard InChI is InChI=1S/C14H16BrN3O4/c15-9-4-2-1-3-8(9)5-14(12(17)20)6-10(11(16)19)18(7-14)13(21)22/h1-4,10H,5-7H2,(H2,16,19)(H2,17,20)(H,21,22). The molecular formula is C14H16BrN3O4. The van der Waals surface area contributed by atoms with Gasteiger partial charge in [-0.25, -0.2) is 4.79 Å². The third kappa shape index (κ3) is 2.92. The van der Waals surface area contributed by atoms with Crippen molar-refractivity contribution in [2.24, 2.45) is 16.9 Å². The van der Waals surface area contributed by atoms with Gasteiger partial charge in [0.15, 0.2) is 0 Å². The number of amides is 3. The van der Waals surface area contributed by atoms with E-state index in [0.29, 0.717) is 0 Å². The minimum atomic E-state index is -1.29. The van der Waals surface area contributed by atoms with E-state index in [2.05, 4.69) is 15.9 Å². The number of hydrogen-bond acceptors (Lipinski definition) is 3. The SMILES string of the molecule is NC(=O)C1CC(Cc2ccccc2Br)(C(N)=O)CN1C(=O)O. The maximum Gasteiger partial charge on any atom is 0.408 e. The van der Waals surface area contributed by atoms with Crippen LogP contribution in [0.4, 0.5) is 4.79 Å². The van der Waals surface area contributed by atoms with Crippen molar-refractivity contribution in [3.63, 3.8) is 0 Å². The van der Waals surface area contributed by atoms with Crippen LogP contribution in [0.2, 0.25) is 0 Å². The molecule has 7 nitrogen and oxygen atoms in total. The highest BCUT2D eigenvalue weighted by molar-refractivity contribution is 9.10. The Labute approximate surface area is 135 Å². The lowest BCUT2D eigenvalue weighted by molar-refractivity contribution is -0.127. The molecule has 1 aromatic rings. The number of rotatable bonds is 4. The van der Waals surface area contributed by atoms with E-state index in [1.165, 1.54) is 0 Å². The maximum atomic E-state index is 12.0. The number of carbonyl (C=O) groups excluding carboxylic acids is 2. The third-order valence-electron chi connectivity index (χ3n) is 4.02. The van der Waals surface area contributed by atoms with Gasteiger partial charge in [-0.1, -0.05) is 34.1 Å². The molecule has 0 saturated carbocycles. The molecule has 1 fully saturated rings. The van der Waals surface area contributed by atoms with E-state index in [9.17, 15) is 19.5 Å². The van der Waals surface area contributed by atoms with Crippen LogP contribution in [0, 0.1) is 5.41 Å². The first-order chi connectivity index (χ1) is 10.3. The molecule has 1 heterocycles. The van der Waals surface area contributed by atoms with E-state index >= 15 is 0 Å². The number of hydrogen-bond donors (Lipinski definition) is 3. The third-order valence-corrected chi connectivity index (χ3v) is 4.79. The summed E-state index contributed by atoms with van der Waals surface area (Å²) in [5.41, 5.74) is 10.5. The van der Waals surface area contributed by atoms with Crippen LogP contribution in [0.3, 0.4) is 0 Å². The molecule has 1 aromatic carbocycles. The van der Waals surface area contributed by atoms with Crippen LogP contribution in [-0.4, -0.2) is 40.5 Å². The lowest BCUT2D eigenvalue weighted by Crippen LogP contribution is -2.44. The monoisotopic (exact) mass is 369 g/mol. The highest BCUT2D eigenvalue weighted by atomic mass is 79.9. The molecule has 1 saturated heterocycles. The minimum Gasteiger partial charge on any atom is -0.465 e. The number of benzene rings is 1. The predicted octanol–water partition coefficient (Wildman–Crippen LogP) is 0.701. The molecule has 0 aliphatic carbocycles. The topological polar surface area (TPSA) is 127 Å². The Bertz CT molecular complexity index is 612. The van der Waals surface area contributed by atoms with Gasteiger partial charge in [0.05, 0.1) is 5.41 Å². The summed E-state index contributed by atoms with van der Waals surface area (Å²) in [6.07, 6.45) is -1.07. The molecule has 0 aromatic heterocycles. The second kappa shape index (κ2) is 5.96. The molecule has 3 amide bonds. The summed E-state index contributed by atoms with van der Waals surface area (Å²) >= 11 is 3.39. The molecule has 118 valence electrons. The van der Waals surface area contributed by atoms with E-state index < -0.39 is 29.4 Å². The first-order valence-corrected chi connectivity index (χ1v) is 7.38. The van der Waals surface area contributed by atoms with Crippen LogP contribution in [0.25, 0.3) is 0 Å². The van der Waals surface area contributed by atoms with Crippen LogP contribution < -0.4 is 11.5 Å². The van der Waals surface area contributed by atoms with Crippen LogP contribution >= 0.6 is 15.9 Å². The highest BCUT2D eigenvalue weighted by Gasteiger charge is 2.52. The van der Waals surface area contributed by atoms with Crippen molar-refractivity contribution < 1.29 is 19.5 Å². The molecule has 1 aliphatic rings. The summed E-state index contributed by atoms with van der Waals surface area (Å²) < 4.78 is 0.792. The van der Waals surface area contributed by atoms with Gasteiger partial charge in [0.1, 0.15) is 6.04 Å². The Morgan fingerprint density at radius 1 is 1.32 bits per heavy atom. The van der Waals surface area contributed by atoms with Gasteiger partial charge in [-0.15, -0.1) is 0 Å². The van der Waals surface area contributed by atoms with Crippen molar-refractivity contribution in [3.05, 3.63) is 34.3 Å². The molecule has 1 aliphatic heterocycles. The molecule has 0 radical (unpaired) electrons. The molecule has 0 spiro atoms. The highest BCUT2D eigenvalue weighted by Crippen LogP contribution is 2.39. The molecule has 5 N–H and O–H groups in total. The van der Waals surface area contributed by atoms with Gasteiger partial charge < -0.3 is 16.6 Å². The Balaban J connectivity index is 2.38. The van der Waals surface area contributed by atoms with Crippen molar-refractivity contribution in [1.29, 1.82) is 0 Å². The van der Waals surface area contributed by atoms with Crippen molar-refractivity contribution in [2.45, 2.75) is 18.9 Å². The van der Waals surface area contributed by atoms with E-state index in [1.54, 1.807) is 0 Å². The number of primary amides is 2. The van der Waals surface area contributed by atoms with Crippen molar-refractivity contribution in [1.82, 2.24) is 4.90 Å².